The summed E-state index contributed by atoms with van der Waals surface area (Å²) in [5.41, 5.74) is 1.45. The Morgan fingerprint density at radius 2 is 2.23 bits per heavy atom. The molecule has 2 aromatic heterocycles. The maximum absolute atomic E-state index is 12.5. The maximum atomic E-state index is 12.5. The molecule has 2 aromatic rings. The Balaban J connectivity index is 1.46. The second-order valence-electron chi connectivity index (χ2n) is 6.07. The van der Waals surface area contributed by atoms with Crippen LogP contribution in [0.1, 0.15) is 65.3 Å². The van der Waals surface area contributed by atoms with Crippen LogP contribution in [0.3, 0.4) is 0 Å². The quantitative estimate of drug-likeness (QED) is 0.929. The molecule has 116 valence electrons. The second kappa shape index (κ2) is 5.23. The highest BCUT2D eigenvalue weighted by Crippen LogP contribution is 2.38. The van der Waals surface area contributed by atoms with E-state index < -0.39 is 0 Å². The molecule has 22 heavy (non-hydrogen) atoms. The molecule has 3 heterocycles. The fourth-order valence-electron chi connectivity index (χ4n) is 2.99. The summed E-state index contributed by atoms with van der Waals surface area (Å²) in [5.74, 6) is 2.58. The van der Waals surface area contributed by atoms with E-state index in [9.17, 15) is 4.79 Å². The Morgan fingerprint density at radius 3 is 3.05 bits per heavy atom. The first-order chi connectivity index (χ1) is 10.7. The lowest BCUT2D eigenvalue weighted by atomic mass is 10.1. The Bertz CT molecular complexity index is 714. The monoisotopic (exact) mass is 301 g/mol. The average Bonchev–Trinajstić information content (AvgIpc) is 3.16. The average molecular weight is 301 g/mol. The number of carbonyl (C=O) groups is 1. The second-order valence-corrected chi connectivity index (χ2v) is 6.07. The molecule has 1 aliphatic heterocycles. The minimum absolute atomic E-state index is 0.121. The first-order valence-electron chi connectivity index (χ1n) is 7.89. The fourth-order valence-corrected chi connectivity index (χ4v) is 2.99. The summed E-state index contributed by atoms with van der Waals surface area (Å²) in [7, 11) is 0. The van der Waals surface area contributed by atoms with Crippen LogP contribution in [0.2, 0.25) is 0 Å². The third kappa shape index (κ3) is 2.40. The molecule has 2 aliphatic rings. The minimum atomic E-state index is -0.121. The molecule has 1 fully saturated rings. The summed E-state index contributed by atoms with van der Waals surface area (Å²) in [6.45, 7) is 3.02. The van der Waals surface area contributed by atoms with Gasteiger partial charge in [-0.25, -0.2) is 4.98 Å². The lowest BCUT2D eigenvalue weighted by molar-refractivity contribution is 0.0935. The Kier molecular flexibility index (Phi) is 3.20. The van der Waals surface area contributed by atoms with Gasteiger partial charge in [0.25, 0.3) is 5.91 Å². The summed E-state index contributed by atoms with van der Waals surface area (Å²) in [6, 6.07) is 0. The van der Waals surface area contributed by atoms with Crippen molar-refractivity contribution in [2.75, 3.05) is 0 Å². The van der Waals surface area contributed by atoms with Gasteiger partial charge in [-0.15, -0.1) is 0 Å². The SMILES string of the molecule is Cc1nc2n(c1C(=O)NCc1nc(C3CC3)no1)CCCC2. The van der Waals surface area contributed by atoms with Crippen LogP contribution in [0.4, 0.5) is 0 Å². The van der Waals surface area contributed by atoms with Gasteiger partial charge in [-0.3, -0.25) is 4.79 Å². The lowest BCUT2D eigenvalue weighted by Crippen LogP contribution is -2.27. The van der Waals surface area contributed by atoms with Crippen molar-refractivity contribution in [3.8, 4) is 0 Å². The van der Waals surface area contributed by atoms with Crippen LogP contribution in [0.5, 0.6) is 0 Å². The molecular formula is C15H19N5O2. The zero-order chi connectivity index (χ0) is 15.1. The van der Waals surface area contributed by atoms with Gasteiger partial charge in [0.1, 0.15) is 11.5 Å². The van der Waals surface area contributed by atoms with Crippen molar-refractivity contribution in [1.29, 1.82) is 0 Å². The molecule has 1 aliphatic carbocycles. The van der Waals surface area contributed by atoms with Gasteiger partial charge < -0.3 is 14.4 Å². The first kappa shape index (κ1) is 13.5. The Hall–Kier alpha value is -2.18. The summed E-state index contributed by atoms with van der Waals surface area (Å²) in [6.07, 6.45) is 5.45. The van der Waals surface area contributed by atoms with Crippen molar-refractivity contribution in [3.05, 3.63) is 28.9 Å². The van der Waals surface area contributed by atoms with E-state index in [0.717, 1.165) is 56.0 Å². The summed E-state index contributed by atoms with van der Waals surface area (Å²) in [4.78, 5) is 21.3. The molecule has 0 aromatic carbocycles. The molecule has 0 spiro atoms. The van der Waals surface area contributed by atoms with Crippen molar-refractivity contribution >= 4 is 5.91 Å². The number of fused-ring (bicyclic) bond motifs is 1. The van der Waals surface area contributed by atoms with Gasteiger partial charge in [-0.2, -0.15) is 4.98 Å². The molecule has 1 amide bonds. The largest absolute Gasteiger partial charge is 0.342 e. The molecule has 7 heteroatoms. The van der Waals surface area contributed by atoms with Crippen molar-refractivity contribution in [2.24, 2.45) is 0 Å². The number of hydrogen-bond acceptors (Lipinski definition) is 5. The van der Waals surface area contributed by atoms with Gasteiger partial charge in [0.05, 0.1) is 12.2 Å². The number of carbonyl (C=O) groups excluding carboxylic acids is 1. The third-order valence-electron chi connectivity index (χ3n) is 4.29. The predicted octanol–water partition coefficient (Wildman–Crippen LogP) is 1.72. The number of rotatable bonds is 4. The fraction of sp³-hybridized carbons (Fsp3) is 0.600. The van der Waals surface area contributed by atoms with E-state index in [1.54, 1.807) is 0 Å². The molecule has 0 saturated heterocycles. The van der Waals surface area contributed by atoms with Gasteiger partial charge in [0, 0.05) is 18.9 Å². The molecule has 0 atom stereocenters. The van der Waals surface area contributed by atoms with Gasteiger partial charge in [-0.05, 0) is 32.6 Å². The molecule has 4 rings (SSSR count). The smallest absolute Gasteiger partial charge is 0.270 e. The van der Waals surface area contributed by atoms with Gasteiger partial charge in [0.2, 0.25) is 5.89 Å². The van der Waals surface area contributed by atoms with E-state index in [2.05, 4.69) is 20.4 Å². The molecule has 1 saturated carbocycles. The molecule has 1 N–H and O–H groups in total. The van der Waals surface area contributed by atoms with E-state index in [-0.39, 0.29) is 12.5 Å². The van der Waals surface area contributed by atoms with E-state index in [1.807, 2.05) is 11.5 Å². The van der Waals surface area contributed by atoms with Gasteiger partial charge >= 0.3 is 0 Å². The highest BCUT2D eigenvalue weighted by atomic mass is 16.5. The van der Waals surface area contributed by atoms with Crippen molar-refractivity contribution in [1.82, 2.24) is 25.0 Å². The Labute approximate surface area is 128 Å². The number of nitrogens with zero attached hydrogens (tertiary/aromatic N) is 4. The Morgan fingerprint density at radius 1 is 1.36 bits per heavy atom. The summed E-state index contributed by atoms with van der Waals surface area (Å²) >= 11 is 0. The normalized spacial score (nSPS) is 17.3. The molecular weight excluding hydrogens is 282 g/mol. The highest BCUT2D eigenvalue weighted by Gasteiger charge is 2.29. The maximum Gasteiger partial charge on any atom is 0.270 e. The van der Waals surface area contributed by atoms with Crippen molar-refractivity contribution in [3.63, 3.8) is 0 Å². The third-order valence-corrected chi connectivity index (χ3v) is 4.29. The van der Waals surface area contributed by atoms with Crippen LogP contribution in [-0.2, 0) is 19.5 Å². The number of aryl methyl sites for hydroxylation is 2. The van der Waals surface area contributed by atoms with Crippen LogP contribution in [0.25, 0.3) is 0 Å². The highest BCUT2D eigenvalue weighted by molar-refractivity contribution is 5.93. The van der Waals surface area contributed by atoms with Gasteiger partial charge in [-0.1, -0.05) is 5.16 Å². The number of imidazole rings is 1. The van der Waals surface area contributed by atoms with Crippen LogP contribution in [-0.4, -0.2) is 25.6 Å². The van der Waals surface area contributed by atoms with Crippen LogP contribution in [0.15, 0.2) is 4.52 Å². The van der Waals surface area contributed by atoms with Crippen molar-refractivity contribution in [2.45, 2.75) is 58.0 Å². The van der Waals surface area contributed by atoms with Gasteiger partial charge in [0.15, 0.2) is 5.82 Å². The van der Waals surface area contributed by atoms with Crippen LogP contribution >= 0.6 is 0 Å². The summed E-state index contributed by atoms with van der Waals surface area (Å²) in [5, 5.41) is 6.82. The zero-order valence-corrected chi connectivity index (χ0v) is 12.6. The first-order valence-corrected chi connectivity index (χ1v) is 7.89. The van der Waals surface area contributed by atoms with E-state index >= 15 is 0 Å². The number of amides is 1. The van der Waals surface area contributed by atoms with Crippen molar-refractivity contribution < 1.29 is 9.32 Å². The summed E-state index contributed by atoms with van der Waals surface area (Å²) < 4.78 is 7.22. The van der Waals surface area contributed by atoms with Crippen LogP contribution in [0, 0.1) is 6.92 Å². The lowest BCUT2D eigenvalue weighted by Gasteiger charge is -2.15. The topological polar surface area (TPSA) is 85.8 Å². The molecule has 0 radical (unpaired) electrons. The van der Waals surface area contributed by atoms with Crippen LogP contribution < -0.4 is 5.32 Å². The molecule has 0 unspecified atom stereocenters. The number of aromatic nitrogens is 4. The molecule has 0 bridgehead atoms. The molecule has 7 nitrogen and oxygen atoms in total. The van der Waals surface area contributed by atoms with E-state index in [1.165, 1.54) is 0 Å². The minimum Gasteiger partial charge on any atom is -0.342 e. The predicted molar refractivity (Wildman–Crippen MR) is 77.3 cm³/mol. The number of hydrogen-bond donors (Lipinski definition) is 1. The van der Waals surface area contributed by atoms with E-state index in [4.69, 9.17) is 4.52 Å². The number of nitrogens with one attached hydrogen (secondary N) is 1. The standard InChI is InChI=1S/C15H19N5O2/c1-9-13(20-7-3-2-4-11(20)17-9)15(21)16-8-12-18-14(19-22-12)10-5-6-10/h10H,2-8H2,1H3,(H,16,21). The van der Waals surface area contributed by atoms with E-state index in [0.29, 0.717) is 17.5 Å². The zero-order valence-electron chi connectivity index (χ0n) is 12.6.